The number of likely N-dealkylation sites (tertiary alicyclic amines) is 1. The van der Waals surface area contributed by atoms with Crippen molar-refractivity contribution in [1.29, 1.82) is 0 Å². The van der Waals surface area contributed by atoms with Crippen molar-refractivity contribution in [2.24, 2.45) is 5.92 Å². The summed E-state index contributed by atoms with van der Waals surface area (Å²) in [6, 6.07) is 2.01. The number of carbonyl (C=O) groups excluding carboxylic acids is 1. The van der Waals surface area contributed by atoms with E-state index in [0.717, 1.165) is 37.9 Å². The molecule has 0 aromatic carbocycles. The van der Waals surface area contributed by atoms with E-state index in [4.69, 9.17) is 9.47 Å². The summed E-state index contributed by atoms with van der Waals surface area (Å²) in [5.74, 6) is 0.829. The minimum atomic E-state index is -0.180. The number of ether oxygens (including phenoxy) is 2. The molecule has 0 bridgehead atoms. The van der Waals surface area contributed by atoms with Gasteiger partial charge in [-0.25, -0.2) is 0 Å². The summed E-state index contributed by atoms with van der Waals surface area (Å²) in [6.07, 6.45) is 7.28. The van der Waals surface area contributed by atoms with Gasteiger partial charge in [0.05, 0.1) is 25.8 Å². The lowest BCUT2D eigenvalue weighted by Gasteiger charge is -2.53. The smallest absolute Gasteiger partial charge is 0.222 e. The second kappa shape index (κ2) is 7.83. The van der Waals surface area contributed by atoms with Crippen LogP contribution in [0, 0.1) is 12.8 Å². The fourth-order valence-corrected chi connectivity index (χ4v) is 3.60. The van der Waals surface area contributed by atoms with Crippen LogP contribution in [0.1, 0.15) is 50.7 Å². The van der Waals surface area contributed by atoms with Crippen molar-refractivity contribution in [3.05, 3.63) is 29.6 Å². The highest BCUT2D eigenvalue weighted by Gasteiger charge is 2.49. The van der Waals surface area contributed by atoms with Gasteiger partial charge in [0.15, 0.2) is 0 Å². The molecule has 1 spiro atoms. The molecule has 138 valence electrons. The van der Waals surface area contributed by atoms with Gasteiger partial charge in [-0.15, -0.1) is 0 Å². The number of rotatable bonds is 6. The maximum Gasteiger partial charge on any atom is 0.222 e. The van der Waals surface area contributed by atoms with Crippen molar-refractivity contribution < 1.29 is 14.3 Å². The molecular formula is C20H30N2O3. The van der Waals surface area contributed by atoms with E-state index < -0.39 is 0 Å². The van der Waals surface area contributed by atoms with Crippen molar-refractivity contribution in [3.63, 3.8) is 0 Å². The molecule has 1 atom stereocenters. The fourth-order valence-electron chi connectivity index (χ4n) is 3.60. The molecule has 2 saturated heterocycles. The molecule has 1 aromatic rings. The first kappa shape index (κ1) is 18.3. The summed E-state index contributed by atoms with van der Waals surface area (Å²) in [5.41, 5.74) is 2.17. The highest BCUT2D eigenvalue weighted by Crippen LogP contribution is 2.36. The Hall–Kier alpha value is -1.46. The molecule has 1 aromatic heterocycles. The van der Waals surface area contributed by atoms with Crippen molar-refractivity contribution in [3.8, 4) is 0 Å². The van der Waals surface area contributed by atoms with E-state index in [1.807, 2.05) is 23.4 Å². The summed E-state index contributed by atoms with van der Waals surface area (Å²) in [7, 11) is 0. The zero-order valence-corrected chi connectivity index (χ0v) is 15.7. The van der Waals surface area contributed by atoms with Gasteiger partial charge in [0.1, 0.15) is 5.60 Å². The van der Waals surface area contributed by atoms with Crippen LogP contribution in [0.3, 0.4) is 0 Å². The van der Waals surface area contributed by atoms with Crippen molar-refractivity contribution in [2.45, 2.75) is 64.8 Å². The molecule has 2 fully saturated rings. The number of hydrogen-bond acceptors (Lipinski definition) is 4. The number of aromatic nitrogens is 1. The standard InChI is InChI=1S/C20H30N2O3/c1-15(2)4-5-19(23)22-13-20(14-22)10-18(7-9-25-20)24-12-17-11-21-8-6-16(17)3/h6,8,11,15,18H,4-5,7,9-10,12-14H2,1-3H3/t18-/m0/s1. The van der Waals surface area contributed by atoms with Gasteiger partial charge in [-0.1, -0.05) is 13.8 Å². The van der Waals surface area contributed by atoms with Crippen LogP contribution in [0.2, 0.25) is 0 Å². The Morgan fingerprint density at radius 2 is 2.28 bits per heavy atom. The maximum atomic E-state index is 12.2. The molecule has 0 radical (unpaired) electrons. The van der Waals surface area contributed by atoms with Crippen LogP contribution >= 0.6 is 0 Å². The predicted molar refractivity (Wildman–Crippen MR) is 96.1 cm³/mol. The Morgan fingerprint density at radius 3 is 3.00 bits per heavy atom. The highest BCUT2D eigenvalue weighted by atomic mass is 16.5. The quantitative estimate of drug-likeness (QED) is 0.794. The lowest BCUT2D eigenvalue weighted by Crippen LogP contribution is -2.67. The molecule has 3 heterocycles. The van der Waals surface area contributed by atoms with Crippen LogP contribution in [-0.4, -0.2) is 47.2 Å². The molecular weight excluding hydrogens is 316 g/mol. The molecule has 0 N–H and O–H groups in total. The van der Waals surface area contributed by atoms with Crippen LogP contribution in [-0.2, 0) is 20.9 Å². The van der Waals surface area contributed by atoms with Gasteiger partial charge >= 0.3 is 0 Å². The zero-order chi connectivity index (χ0) is 17.9. The van der Waals surface area contributed by atoms with Crippen LogP contribution in [0.4, 0.5) is 0 Å². The van der Waals surface area contributed by atoms with Gasteiger partial charge in [-0.3, -0.25) is 9.78 Å². The first-order valence-corrected chi connectivity index (χ1v) is 9.40. The van der Waals surface area contributed by atoms with E-state index in [9.17, 15) is 4.79 Å². The number of carbonyl (C=O) groups is 1. The normalized spacial score (nSPS) is 22.2. The lowest BCUT2D eigenvalue weighted by molar-refractivity contribution is -0.202. The van der Waals surface area contributed by atoms with Gasteiger partial charge in [0.2, 0.25) is 5.91 Å². The fraction of sp³-hybridized carbons (Fsp3) is 0.700. The third kappa shape index (κ3) is 4.59. The lowest BCUT2D eigenvalue weighted by atomic mass is 9.84. The molecule has 5 nitrogen and oxygen atoms in total. The second-order valence-electron chi connectivity index (χ2n) is 7.94. The average molecular weight is 346 g/mol. The molecule has 3 rings (SSSR count). The minimum absolute atomic E-state index is 0.180. The number of hydrogen-bond donors (Lipinski definition) is 0. The van der Waals surface area contributed by atoms with Crippen molar-refractivity contribution >= 4 is 5.91 Å². The van der Waals surface area contributed by atoms with Gasteiger partial charge in [0, 0.05) is 31.8 Å². The van der Waals surface area contributed by atoms with Crippen LogP contribution in [0.25, 0.3) is 0 Å². The number of aryl methyl sites for hydroxylation is 1. The Bertz CT molecular complexity index is 596. The Labute approximate surface area is 150 Å². The third-order valence-electron chi connectivity index (χ3n) is 5.32. The number of nitrogens with zero attached hydrogens (tertiary/aromatic N) is 2. The molecule has 25 heavy (non-hydrogen) atoms. The van der Waals surface area contributed by atoms with E-state index in [1.54, 1.807) is 0 Å². The molecule has 5 heteroatoms. The van der Waals surface area contributed by atoms with E-state index in [1.165, 1.54) is 5.56 Å². The molecule has 1 amide bonds. The molecule has 0 unspecified atom stereocenters. The third-order valence-corrected chi connectivity index (χ3v) is 5.32. The Balaban J connectivity index is 1.46. The van der Waals surface area contributed by atoms with Crippen molar-refractivity contribution in [2.75, 3.05) is 19.7 Å². The van der Waals surface area contributed by atoms with Crippen LogP contribution < -0.4 is 0 Å². The van der Waals surface area contributed by atoms with Crippen LogP contribution in [0.15, 0.2) is 18.5 Å². The summed E-state index contributed by atoms with van der Waals surface area (Å²) >= 11 is 0. The Morgan fingerprint density at radius 1 is 1.48 bits per heavy atom. The summed E-state index contributed by atoms with van der Waals surface area (Å²) in [5, 5.41) is 0. The zero-order valence-electron chi connectivity index (χ0n) is 15.7. The SMILES string of the molecule is Cc1ccncc1CO[C@H]1CCOC2(C1)CN(C(=O)CCC(C)C)C2. The maximum absolute atomic E-state index is 12.2. The predicted octanol–water partition coefficient (Wildman–Crippen LogP) is 3.10. The van der Waals surface area contributed by atoms with E-state index in [0.29, 0.717) is 25.6 Å². The van der Waals surface area contributed by atoms with Gasteiger partial charge in [-0.05, 0) is 42.9 Å². The number of pyridine rings is 1. The van der Waals surface area contributed by atoms with E-state index in [-0.39, 0.29) is 17.6 Å². The minimum Gasteiger partial charge on any atom is -0.373 e. The second-order valence-corrected chi connectivity index (χ2v) is 7.94. The first-order valence-electron chi connectivity index (χ1n) is 9.40. The van der Waals surface area contributed by atoms with Gasteiger partial charge in [0.25, 0.3) is 0 Å². The van der Waals surface area contributed by atoms with E-state index >= 15 is 0 Å². The van der Waals surface area contributed by atoms with E-state index in [2.05, 4.69) is 25.8 Å². The highest BCUT2D eigenvalue weighted by molar-refractivity contribution is 5.77. The average Bonchev–Trinajstić information content (AvgIpc) is 2.57. The van der Waals surface area contributed by atoms with Crippen molar-refractivity contribution in [1.82, 2.24) is 9.88 Å². The molecule has 0 aliphatic carbocycles. The summed E-state index contributed by atoms with van der Waals surface area (Å²) < 4.78 is 12.2. The Kier molecular flexibility index (Phi) is 5.74. The van der Waals surface area contributed by atoms with Crippen LogP contribution in [0.5, 0.6) is 0 Å². The molecule has 0 saturated carbocycles. The monoisotopic (exact) mass is 346 g/mol. The van der Waals surface area contributed by atoms with Gasteiger partial charge < -0.3 is 14.4 Å². The topological polar surface area (TPSA) is 51.7 Å². The summed E-state index contributed by atoms with van der Waals surface area (Å²) in [4.78, 5) is 18.3. The number of amides is 1. The first-order chi connectivity index (χ1) is 12.0. The molecule has 2 aliphatic heterocycles. The largest absolute Gasteiger partial charge is 0.373 e. The molecule has 2 aliphatic rings. The van der Waals surface area contributed by atoms with Gasteiger partial charge in [-0.2, -0.15) is 0 Å². The summed E-state index contributed by atoms with van der Waals surface area (Å²) in [6.45, 7) is 9.13.